The lowest BCUT2D eigenvalue weighted by Gasteiger charge is -2.30. The molecule has 0 saturated carbocycles. The van der Waals surface area contributed by atoms with E-state index >= 15 is 0 Å². The molecular formula is C32H39O8P. The maximum Gasteiger partial charge on any atom is 0.530 e. The van der Waals surface area contributed by atoms with Crippen LogP contribution in [-0.2, 0) is 53.0 Å². The van der Waals surface area contributed by atoms with Gasteiger partial charge in [0.1, 0.15) is 11.4 Å². The van der Waals surface area contributed by atoms with Gasteiger partial charge in [0.25, 0.3) is 0 Å². The van der Waals surface area contributed by atoms with Gasteiger partial charge in [-0.2, -0.15) is 0 Å². The number of carboxylic acids is 1. The second-order valence-corrected chi connectivity index (χ2v) is 13.2. The molecule has 41 heavy (non-hydrogen) atoms. The van der Waals surface area contributed by atoms with Gasteiger partial charge >= 0.3 is 19.8 Å². The van der Waals surface area contributed by atoms with Gasteiger partial charge in [-0.15, -0.1) is 0 Å². The monoisotopic (exact) mass is 582 g/mol. The number of phosphoric acid groups is 1. The van der Waals surface area contributed by atoms with Crippen molar-refractivity contribution in [3.63, 3.8) is 0 Å². The largest absolute Gasteiger partial charge is 0.530 e. The number of carboxylic acid groups (broad SMARTS) is 1. The lowest BCUT2D eigenvalue weighted by atomic mass is 9.77. The molecule has 3 rings (SSSR count). The zero-order chi connectivity index (χ0) is 30.3. The molecule has 8 nitrogen and oxygen atoms in total. The van der Waals surface area contributed by atoms with Crippen LogP contribution in [-0.4, -0.2) is 22.6 Å². The zero-order valence-electron chi connectivity index (χ0n) is 24.5. The van der Waals surface area contributed by atoms with Gasteiger partial charge in [-0.05, 0) is 56.0 Å². The maximum atomic E-state index is 14.2. The molecule has 0 radical (unpaired) electrons. The number of rotatable bonds is 13. The van der Waals surface area contributed by atoms with E-state index in [1.807, 2.05) is 60.7 Å². The van der Waals surface area contributed by atoms with E-state index in [0.29, 0.717) is 16.7 Å². The highest BCUT2D eigenvalue weighted by atomic mass is 31.2. The third kappa shape index (κ3) is 10.2. The summed E-state index contributed by atoms with van der Waals surface area (Å²) in [5, 5.41) is 9.70. The summed E-state index contributed by atoms with van der Waals surface area (Å²) in [5.74, 6) is -1.39. The van der Waals surface area contributed by atoms with Gasteiger partial charge in [-0.25, -0.2) is 4.57 Å². The van der Waals surface area contributed by atoms with Crippen molar-refractivity contribution in [1.82, 2.24) is 0 Å². The SMILES string of the molecule is Cc1cc(CC(=O)OC(C)(C)C)c(C(C)(C)CC(=O)O)c(OP(=O)(OCc2ccccc2)OCc2ccccc2)c1. The predicted molar refractivity (Wildman–Crippen MR) is 157 cm³/mol. The molecule has 220 valence electrons. The topological polar surface area (TPSA) is 108 Å². The first-order chi connectivity index (χ1) is 19.2. The first kappa shape index (κ1) is 32.1. The van der Waals surface area contributed by atoms with E-state index in [1.54, 1.807) is 53.7 Å². The van der Waals surface area contributed by atoms with E-state index in [0.717, 1.165) is 11.1 Å². The number of benzene rings is 3. The minimum absolute atomic E-state index is 0.0443. The van der Waals surface area contributed by atoms with Gasteiger partial charge in [0.2, 0.25) is 0 Å². The van der Waals surface area contributed by atoms with Crippen molar-refractivity contribution in [3.8, 4) is 5.75 Å². The number of ether oxygens (including phenoxy) is 1. The Morgan fingerprint density at radius 1 is 0.829 bits per heavy atom. The summed E-state index contributed by atoms with van der Waals surface area (Å²) >= 11 is 0. The van der Waals surface area contributed by atoms with E-state index < -0.39 is 30.8 Å². The summed E-state index contributed by atoms with van der Waals surface area (Å²) in [6.07, 6.45) is -0.401. The highest BCUT2D eigenvalue weighted by Gasteiger charge is 2.36. The molecule has 0 bridgehead atoms. The Balaban J connectivity index is 2.06. The Hall–Kier alpha value is -3.45. The van der Waals surface area contributed by atoms with Gasteiger partial charge < -0.3 is 14.4 Å². The number of esters is 1. The first-order valence-electron chi connectivity index (χ1n) is 13.4. The number of carbonyl (C=O) groups excluding carboxylic acids is 1. The van der Waals surface area contributed by atoms with Crippen molar-refractivity contribution in [2.75, 3.05) is 0 Å². The molecule has 9 heteroatoms. The highest BCUT2D eigenvalue weighted by molar-refractivity contribution is 7.48. The van der Waals surface area contributed by atoms with Gasteiger partial charge in [0, 0.05) is 11.0 Å². The molecule has 1 N–H and O–H groups in total. The molecule has 0 aliphatic rings. The minimum atomic E-state index is -4.27. The molecule has 0 aromatic heterocycles. The van der Waals surface area contributed by atoms with Gasteiger partial charge in [-0.3, -0.25) is 18.6 Å². The van der Waals surface area contributed by atoms with Crippen LogP contribution < -0.4 is 4.52 Å². The molecule has 0 saturated heterocycles. The molecule has 0 atom stereocenters. The molecule has 0 aliphatic carbocycles. The first-order valence-corrected chi connectivity index (χ1v) is 14.9. The Morgan fingerprint density at radius 2 is 1.34 bits per heavy atom. The number of hydrogen-bond acceptors (Lipinski definition) is 7. The summed E-state index contributed by atoms with van der Waals surface area (Å²) in [6, 6.07) is 21.8. The van der Waals surface area contributed by atoms with Gasteiger partial charge in [0.05, 0.1) is 26.1 Å². The van der Waals surface area contributed by atoms with Crippen molar-refractivity contribution >= 4 is 19.8 Å². The fourth-order valence-corrected chi connectivity index (χ4v) is 5.65. The van der Waals surface area contributed by atoms with E-state index in [-0.39, 0.29) is 31.8 Å². The van der Waals surface area contributed by atoms with Crippen LogP contribution in [0.1, 0.15) is 68.9 Å². The number of phosphoric ester groups is 1. The summed E-state index contributed by atoms with van der Waals surface area (Å²) < 4.78 is 37.5. The molecule has 3 aromatic rings. The Bertz CT molecular complexity index is 1330. The third-order valence-corrected chi connectivity index (χ3v) is 7.34. The maximum absolute atomic E-state index is 14.2. The van der Waals surface area contributed by atoms with Crippen LogP contribution in [0.5, 0.6) is 5.75 Å². The average molecular weight is 583 g/mol. The Labute approximate surface area is 242 Å². The lowest BCUT2D eigenvalue weighted by molar-refractivity contribution is -0.153. The second kappa shape index (κ2) is 13.5. The van der Waals surface area contributed by atoms with E-state index in [9.17, 15) is 19.3 Å². The summed E-state index contributed by atoms with van der Waals surface area (Å²) in [7, 11) is -4.27. The van der Waals surface area contributed by atoms with Crippen LogP contribution in [0.25, 0.3) is 0 Å². The molecule has 0 amide bonds. The van der Waals surface area contributed by atoms with Crippen molar-refractivity contribution < 1.29 is 37.6 Å². The number of aliphatic carboxylic acids is 1. The fourth-order valence-electron chi connectivity index (χ4n) is 4.47. The van der Waals surface area contributed by atoms with Crippen molar-refractivity contribution in [2.24, 2.45) is 0 Å². The third-order valence-electron chi connectivity index (χ3n) is 6.03. The Morgan fingerprint density at radius 3 is 1.80 bits per heavy atom. The van der Waals surface area contributed by atoms with E-state index in [2.05, 4.69) is 0 Å². The predicted octanol–water partition coefficient (Wildman–Crippen LogP) is 7.55. The lowest BCUT2D eigenvalue weighted by Crippen LogP contribution is -2.28. The Kier molecular flexibility index (Phi) is 10.5. The molecule has 0 fully saturated rings. The number of aryl methyl sites for hydroxylation is 1. The standard InChI is InChI=1S/C32H39O8P/c1-23-17-26(19-29(35)39-31(2,3)4)30(32(5,6)20-28(33)34)27(18-23)40-41(36,37-21-24-13-9-7-10-14-24)38-22-25-15-11-8-12-16-25/h7-18H,19-22H2,1-6H3,(H,33,34). The van der Waals surface area contributed by atoms with Crippen molar-refractivity contribution in [2.45, 2.75) is 78.6 Å². The van der Waals surface area contributed by atoms with Crippen LogP contribution in [0.15, 0.2) is 72.8 Å². The van der Waals surface area contributed by atoms with Crippen LogP contribution in [0, 0.1) is 6.92 Å². The zero-order valence-corrected chi connectivity index (χ0v) is 25.4. The van der Waals surface area contributed by atoms with Crippen LogP contribution in [0.3, 0.4) is 0 Å². The summed E-state index contributed by atoms with van der Waals surface area (Å²) in [5.41, 5.74) is 1.45. The van der Waals surface area contributed by atoms with Gasteiger partial charge in [0.15, 0.2) is 0 Å². The molecule has 0 spiro atoms. The number of carbonyl (C=O) groups is 2. The summed E-state index contributed by atoms with van der Waals surface area (Å²) in [6.45, 7) is 10.5. The highest BCUT2D eigenvalue weighted by Crippen LogP contribution is 2.53. The van der Waals surface area contributed by atoms with Crippen LogP contribution in [0.2, 0.25) is 0 Å². The van der Waals surface area contributed by atoms with Gasteiger partial charge in [-0.1, -0.05) is 80.6 Å². The molecule has 3 aromatic carbocycles. The molecule has 0 heterocycles. The molecule has 0 unspecified atom stereocenters. The minimum Gasteiger partial charge on any atom is -0.481 e. The number of hydrogen-bond donors (Lipinski definition) is 1. The van der Waals surface area contributed by atoms with E-state index in [1.165, 1.54) is 0 Å². The van der Waals surface area contributed by atoms with Crippen LogP contribution >= 0.6 is 7.82 Å². The fraction of sp³-hybridized carbons (Fsp3) is 0.375. The smallest absolute Gasteiger partial charge is 0.481 e. The second-order valence-electron chi connectivity index (χ2n) is 11.6. The normalized spacial score (nSPS) is 12.1. The van der Waals surface area contributed by atoms with E-state index in [4.69, 9.17) is 18.3 Å². The quantitative estimate of drug-likeness (QED) is 0.163. The van der Waals surface area contributed by atoms with Crippen molar-refractivity contribution in [1.29, 1.82) is 0 Å². The van der Waals surface area contributed by atoms with Crippen LogP contribution in [0.4, 0.5) is 0 Å². The average Bonchev–Trinajstić information content (AvgIpc) is 2.85. The molecule has 0 aliphatic heterocycles. The molecular weight excluding hydrogens is 543 g/mol. The summed E-state index contributed by atoms with van der Waals surface area (Å²) in [4.78, 5) is 24.7. The van der Waals surface area contributed by atoms with Crippen molar-refractivity contribution in [3.05, 3.63) is 101 Å².